The van der Waals surface area contributed by atoms with Crippen LogP contribution in [0.4, 0.5) is 0 Å². The van der Waals surface area contributed by atoms with E-state index in [0.29, 0.717) is 11.9 Å². The van der Waals surface area contributed by atoms with Gasteiger partial charge in [0.15, 0.2) is 0 Å². The van der Waals surface area contributed by atoms with Crippen LogP contribution in [0.1, 0.15) is 57.1 Å². The van der Waals surface area contributed by atoms with Gasteiger partial charge in [0.25, 0.3) is 5.91 Å². The molecule has 1 aromatic carbocycles. The molecule has 6 rings (SSSR count). The Hall–Kier alpha value is -1.35. The average molecular weight is 351 g/mol. The van der Waals surface area contributed by atoms with Gasteiger partial charge in [-0.3, -0.25) is 9.80 Å². The number of hydrazine groups is 1. The number of carbonyl (C=O) groups excluding carboxylic acids is 1. The molecule has 0 radical (unpaired) electrons. The predicted octanol–water partition coefficient (Wildman–Crippen LogP) is 4.16. The molecule has 4 aliphatic carbocycles. The highest BCUT2D eigenvalue weighted by Gasteiger charge is 2.71. The number of rotatable bonds is 3. The third-order valence-electron chi connectivity index (χ3n) is 8.95. The van der Waals surface area contributed by atoms with Crippen molar-refractivity contribution in [1.82, 2.24) is 10.0 Å². The zero-order valence-corrected chi connectivity index (χ0v) is 16.2. The van der Waals surface area contributed by atoms with Gasteiger partial charge in [-0.2, -0.15) is 5.01 Å². The summed E-state index contributed by atoms with van der Waals surface area (Å²) in [5.74, 6) is 3.84. The largest absolute Gasteiger partial charge is 0.271 e. The lowest BCUT2D eigenvalue weighted by Crippen LogP contribution is -2.78. The number of hydrogen-bond acceptors (Lipinski definition) is 2. The minimum Gasteiger partial charge on any atom is -0.271 e. The summed E-state index contributed by atoms with van der Waals surface area (Å²) < 4.78 is 0. The van der Waals surface area contributed by atoms with E-state index >= 15 is 0 Å². The summed E-state index contributed by atoms with van der Waals surface area (Å²) in [7, 11) is 0. The first kappa shape index (κ1) is 15.7. The Morgan fingerprint density at radius 3 is 2.42 bits per heavy atom. The van der Waals surface area contributed by atoms with Crippen LogP contribution in [0.3, 0.4) is 0 Å². The number of nitrogens with zero attached hydrogens (tertiary/aromatic N) is 2. The molecule has 0 N–H and O–H groups in total. The minimum atomic E-state index is -0.363. The molecule has 3 heteroatoms. The van der Waals surface area contributed by atoms with Gasteiger partial charge in [-0.15, -0.1) is 0 Å². The Bertz CT molecular complexity index is 775. The molecule has 4 atom stereocenters. The highest BCUT2D eigenvalue weighted by Crippen LogP contribution is 2.76. The maximum Gasteiger partial charge on any atom is 0.258 e. The number of carbonyl (C=O) groups is 1. The van der Waals surface area contributed by atoms with Crippen LogP contribution in [0.25, 0.3) is 0 Å². The lowest BCUT2D eigenvalue weighted by atomic mass is 9.56. The molecule has 1 heterocycles. The first-order chi connectivity index (χ1) is 12.4. The third kappa shape index (κ3) is 1.72. The maximum atomic E-state index is 13.2. The summed E-state index contributed by atoms with van der Waals surface area (Å²) in [5.41, 5.74) is 2.98. The SMILES string of the molecule is Cc1cccc(CN2N(C3C4CC5CC6CC3CC56C4)C(=O)C2(C)C)c1. The molecule has 26 heavy (non-hydrogen) atoms. The number of fused-ring (bicyclic) bond motifs is 2. The van der Waals surface area contributed by atoms with Gasteiger partial charge in [0.05, 0.1) is 6.04 Å². The Labute approximate surface area is 156 Å². The first-order valence-electron chi connectivity index (χ1n) is 10.6. The van der Waals surface area contributed by atoms with Crippen molar-refractivity contribution in [2.75, 3.05) is 0 Å². The van der Waals surface area contributed by atoms with E-state index in [1.807, 2.05) is 0 Å². The highest BCUT2D eigenvalue weighted by molar-refractivity contribution is 5.90. The van der Waals surface area contributed by atoms with Crippen LogP contribution in [-0.4, -0.2) is 27.5 Å². The molecular weight excluding hydrogens is 320 g/mol. The van der Waals surface area contributed by atoms with E-state index in [-0.39, 0.29) is 5.54 Å². The van der Waals surface area contributed by atoms with Gasteiger partial charge in [-0.1, -0.05) is 29.8 Å². The second-order valence-electron chi connectivity index (χ2n) is 10.5. The van der Waals surface area contributed by atoms with Crippen molar-refractivity contribution in [1.29, 1.82) is 0 Å². The second kappa shape index (κ2) is 4.73. The molecule has 5 aliphatic rings. The third-order valence-corrected chi connectivity index (χ3v) is 8.95. The van der Waals surface area contributed by atoms with Gasteiger partial charge in [0.1, 0.15) is 5.54 Å². The van der Waals surface area contributed by atoms with Crippen molar-refractivity contribution in [3.05, 3.63) is 35.4 Å². The lowest BCUT2D eigenvalue weighted by molar-refractivity contribution is -0.240. The number of benzene rings is 1. The topological polar surface area (TPSA) is 23.6 Å². The van der Waals surface area contributed by atoms with Crippen molar-refractivity contribution >= 4 is 5.91 Å². The standard InChI is InChI=1S/C23H30N2O/c1-14-5-4-6-15(7-14)13-24-22(2,3)21(26)25(24)20-16-8-18-10-19-9-17(20)12-23(18,19)11-16/h4-7,16-20H,8-13H2,1-3H3. The Balaban J connectivity index is 1.32. The van der Waals surface area contributed by atoms with Crippen LogP contribution >= 0.6 is 0 Å². The molecule has 3 bridgehead atoms. The van der Waals surface area contributed by atoms with E-state index in [4.69, 9.17) is 0 Å². The van der Waals surface area contributed by atoms with E-state index < -0.39 is 0 Å². The Kier molecular flexibility index (Phi) is 2.85. The summed E-state index contributed by atoms with van der Waals surface area (Å²) in [6.45, 7) is 7.22. The summed E-state index contributed by atoms with van der Waals surface area (Å²) in [6.07, 6.45) is 7.09. The van der Waals surface area contributed by atoms with E-state index in [1.165, 1.54) is 43.2 Å². The Morgan fingerprint density at radius 1 is 1.08 bits per heavy atom. The van der Waals surface area contributed by atoms with Gasteiger partial charge in [0.2, 0.25) is 0 Å². The molecule has 1 amide bonds. The van der Waals surface area contributed by atoms with E-state index in [9.17, 15) is 4.79 Å². The molecule has 138 valence electrons. The monoisotopic (exact) mass is 350 g/mol. The van der Waals surface area contributed by atoms with Crippen LogP contribution in [-0.2, 0) is 11.3 Å². The maximum absolute atomic E-state index is 13.2. The molecule has 1 spiro atoms. The number of amides is 1. The first-order valence-corrected chi connectivity index (χ1v) is 10.6. The summed E-state index contributed by atoms with van der Waals surface area (Å²) in [6, 6.07) is 9.24. The van der Waals surface area contributed by atoms with E-state index in [1.54, 1.807) is 0 Å². The van der Waals surface area contributed by atoms with Gasteiger partial charge < -0.3 is 0 Å². The molecule has 1 aromatic rings. The van der Waals surface area contributed by atoms with Crippen molar-refractivity contribution in [3.63, 3.8) is 0 Å². The molecule has 0 aromatic heterocycles. The lowest BCUT2D eigenvalue weighted by Gasteiger charge is -2.61. The van der Waals surface area contributed by atoms with Crippen LogP contribution in [0.15, 0.2) is 24.3 Å². The minimum absolute atomic E-state index is 0.357. The van der Waals surface area contributed by atoms with Crippen molar-refractivity contribution in [2.45, 2.75) is 71.0 Å². The fourth-order valence-corrected chi connectivity index (χ4v) is 7.85. The summed E-state index contributed by atoms with van der Waals surface area (Å²) in [4.78, 5) is 13.2. The van der Waals surface area contributed by atoms with Crippen LogP contribution in [0.2, 0.25) is 0 Å². The van der Waals surface area contributed by atoms with Crippen molar-refractivity contribution in [2.24, 2.45) is 29.1 Å². The summed E-state index contributed by atoms with van der Waals surface area (Å²) >= 11 is 0. The smallest absolute Gasteiger partial charge is 0.258 e. The van der Waals surface area contributed by atoms with Gasteiger partial charge in [0, 0.05) is 6.54 Å². The molecule has 1 saturated heterocycles. The Morgan fingerprint density at radius 2 is 1.77 bits per heavy atom. The molecule has 4 unspecified atom stereocenters. The zero-order valence-electron chi connectivity index (χ0n) is 16.2. The van der Waals surface area contributed by atoms with Gasteiger partial charge in [-0.05, 0) is 87.5 Å². The van der Waals surface area contributed by atoms with Gasteiger partial charge >= 0.3 is 0 Å². The van der Waals surface area contributed by atoms with Crippen LogP contribution in [0.5, 0.6) is 0 Å². The highest BCUT2D eigenvalue weighted by atomic mass is 16.2. The zero-order chi connectivity index (χ0) is 17.8. The quantitative estimate of drug-likeness (QED) is 0.817. The number of hydrogen-bond donors (Lipinski definition) is 0. The summed E-state index contributed by atoms with van der Waals surface area (Å²) in [5, 5.41) is 4.63. The molecule has 4 saturated carbocycles. The normalized spacial score (nSPS) is 44.8. The average Bonchev–Trinajstić information content (AvgIpc) is 2.97. The second-order valence-corrected chi connectivity index (χ2v) is 10.5. The van der Waals surface area contributed by atoms with E-state index in [0.717, 1.165) is 35.6 Å². The fraction of sp³-hybridized carbons (Fsp3) is 0.696. The predicted molar refractivity (Wildman–Crippen MR) is 101 cm³/mol. The van der Waals surface area contributed by atoms with Crippen LogP contribution in [0, 0.1) is 36.0 Å². The molecular formula is C23H30N2O. The van der Waals surface area contributed by atoms with Crippen LogP contribution < -0.4 is 0 Å². The molecule has 5 fully saturated rings. The van der Waals surface area contributed by atoms with Crippen molar-refractivity contribution in [3.8, 4) is 0 Å². The number of aryl methyl sites for hydroxylation is 1. The van der Waals surface area contributed by atoms with Crippen molar-refractivity contribution < 1.29 is 4.79 Å². The molecule has 1 aliphatic heterocycles. The van der Waals surface area contributed by atoms with E-state index in [2.05, 4.69) is 55.1 Å². The molecule has 3 nitrogen and oxygen atoms in total. The fourth-order valence-electron chi connectivity index (χ4n) is 7.85. The van der Waals surface area contributed by atoms with Gasteiger partial charge in [-0.25, -0.2) is 0 Å².